The molecule has 11 heavy (non-hydrogen) atoms. The Balaban J connectivity index is 2.44. The van der Waals surface area contributed by atoms with Crippen molar-refractivity contribution in [2.45, 2.75) is 6.92 Å². The molecule has 1 heterocycles. The zero-order valence-electron chi connectivity index (χ0n) is 6.07. The van der Waals surface area contributed by atoms with Crippen molar-refractivity contribution in [2.24, 2.45) is 0 Å². The second-order valence-electron chi connectivity index (χ2n) is 1.78. The number of esters is 1. The Morgan fingerprint density at radius 2 is 2.64 bits per heavy atom. The molecule has 0 aromatic rings. The predicted molar refractivity (Wildman–Crippen MR) is 49.0 cm³/mol. The van der Waals surface area contributed by atoms with Gasteiger partial charge in [-0.2, -0.15) is 0 Å². The van der Waals surface area contributed by atoms with Crippen molar-refractivity contribution in [3.8, 4) is 0 Å². The molecule has 1 aliphatic rings. The maximum absolute atomic E-state index is 10.8. The minimum absolute atomic E-state index is 0.262. The van der Waals surface area contributed by atoms with Crippen LogP contribution < -0.4 is 0 Å². The molecule has 0 radical (unpaired) electrons. The molecular weight excluding hydrogens is 180 g/mol. The van der Waals surface area contributed by atoms with E-state index in [1.807, 2.05) is 11.5 Å². The van der Waals surface area contributed by atoms with E-state index in [1.165, 1.54) is 6.08 Å². The second-order valence-corrected chi connectivity index (χ2v) is 3.96. The van der Waals surface area contributed by atoms with Crippen molar-refractivity contribution in [2.75, 3.05) is 6.61 Å². The summed E-state index contributed by atoms with van der Waals surface area (Å²) in [6.45, 7) is 2.23. The summed E-state index contributed by atoms with van der Waals surface area (Å²) < 4.78 is 4.73. The van der Waals surface area contributed by atoms with Crippen molar-refractivity contribution in [1.29, 1.82) is 0 Å². The fourth-order valence-corrected chi connectivity index (χ4v) is 2.28. The summed E-state index contributed by atoms with van der Waals surface area (Å²) in [4.78, 5) is 11.8. The molecule has 2 nitrogen and oxygen atoms in total. The highest BCUT2D eigenvalue weighted by Crippen LogP contribution is 2.38. The molecule has 0 saturated carbocycles. The van der Waals surface area contributed by atoms with Crippen LogP contribution in [0.15, 0.2) is 22.5 Å². The van der Waals surface area contributed by atoms with Crippen LogP contribution in [0.25, 0.3) is 0 Å². The Morgan fingerprint density at radius 3 is 3.18 bits per heavy atom. The number of hydrogen-bond donors (Lipinski definition) is 0. The first-order chi connectivity index (χ1) is 5.33. The number of hydrogen-bond acceptors (Lipinski definition) is 4. The first-order valence-electron chi connectivity index (χ1n) is 3.21. The normalized spacial score (nSPS) is 19.2. The maximum Gasteiger partial charge on any atom is 0.331 e. The van der Waals surface area contributed by atoms with Gasteiger partial charge in [0.25, 0.3) is 0 Å². The zero-order chi connectivity index (χ0) is 8.10. The van der Waals surface area contributed by atoms with Crippen LogP contribution >= 0.6 is 21.6 Å². The SMILES string of the molecule is CCOC(=O)/C=C1/C=CSS1. The van der Waals surface area contributed by atoms with E-state index in [9.17, 15) is 4.79 Å². The topological polar surface area (TPSA) is 26.3 Å². The van der Waals surface area contributed by atoms with Gasteiger partial charge in [0.2, 0.25) is 0 Å². The molecule has 4 heteroatoms. The predicted octanol–water partition coefficient (Wildman–Crippen LogP) is 2.34. The first-order valence-corrected chi connectivity index (χ1v) is 5.42. The number of ether oxygens (including phenoxy) is 1. The molecule has 1 rings (SSSR count). The second kappa shape index (κ2) is 4.51. The number of rotatable bonds is 2. The summed E-state index contributed by atoms with van der Waals surface area (Å²) in [5.41, 5.74) is 0. The van der Waals surface area contributed by atoms with E-state index < -0.39 is 0 Å². The molecule has 0 aliphatic carbocycles. The van der Waals surface area contributed by atoms with Crippen molar-refractivity contribution in [1.82, 2.24) is 0 Å². The van der Waals surface area contributed by atoms with Crippen LogP contribution in [0.5, 0.6) is 0 Å². The molecule has 0 unspecified atom stereocenters. The van der Waals surface area contributed by atoms with Crippen LogP contribution in [0, 0.1) is 0 Å². The van der Waals surface area contributed by atoms with Gasteiger partial charge in [0.05, 0.1) is 6.61 Å². The van der Waals surface area contributed by atoms with E-state index in [4.69, 9.17) is 4.74 Å². The minimum Gasteiger partial charge on any atom is -0.463 e. The van der Waals surface area contributed by atoms with Gasteiger partial charge in [-0.25, -0.2) is 4.79 Å². The Hall–Kier alpha value is -0.350. The molecule has 0 spiro atoms. The van der Waals surface area contributed by atoms with Gasteiger partial charge in [0.15, 0.2) is 0 Å². The third-order valence-electron chi connectivity index (χ3n) is 0.979. The number of carbonyl (C=O) groups excluding carboxylic acids is 1. The molecule has 0 atom stereocenters. The van der Waals surface area contributed by atoms with Crippen molar-refractivity contribution in [3.05, 3.63) is 22.5 Å². The quantitative estimate of drug-likeness (QED) is 0.377. The molecule has 0 N–H and O–H groups in total. The number of carbonyl (C=O) groups is 1. The molecule has 0 saturated heterocycles. The molecule has 0 amide bonds. The maximum atomic E-state index is 10.8. The van der Waals surface area contributed by atoms with Crippen molar-refractivity contribution < 1.29 is 9.53 Å². The molecule has 0 bridgehead atoms. The van der Waals surface area contributed by atoms with Gasteiger partial charge in [0, 0.05) is 11.0 Å². The Morgan fingerprint density at radius 1 is 1.82 bits per heavy atom. The van der Waals surface area contributed by atoms with E-state index in [0.717, 1.165) is 4.91 Å². The summed E-state index contributed by atoms with van der Waals surface area (Å²) in [6, 6.07) is 0. The van der Waals surface area contributed by atoms with Gasteiger partial charge in [-0.3, -0.25) is 0 Å². The summed E-state index contributed by atoms with van der Waals surface area (Å²) in [5.74, 6) is -0.262. The van der Waals surface area contributed by atoms with Crippen LogP contribution in [0.1, 0.15) is 6.92 Å². The van der Waals surface area contributed by atoms with E-state index >= 15 is 0 Å². The highest BCUT2D eigenvalue weighted by atomic mass is 33.1. The molecule has 0 aromatic carbocycles. The molecule has 1 aliphatic heterocycles. The van der Waals surface area contributed by atoms with E-state index in [0.29, 0.717) is 6.61 Å². The van der Waals surface area contributed by atoms with Gasteiger partial charge in [0.1, 0.15) is 0 Å². The van der Waals surface area contributed by atoms with E-state index in [2.05, 4.69) is 0 Å². The van der Waals surface area contributed by atoms with E-state index in [1.54, 1.807) is 28.5 Å². The average Bonchev–Trinajstić information content (AvgIpc) is 2.40. The van der Waals surface area contributed by atoms with Gasteiger partial charge in [-0.05, 0) is 18.4 Å². The van der Waals surface area contributed by atoms with Crippen LogP contribution in [0.4, 0.5) is 0 Å². The lowest BCUT2D eigenvalue weighted by atomic mass is 10.5. The van der Waals surface area contributed by atoms with Gasteiger partial charge in [-0.1, -0.05) is 21.6 Å². The first kappa shape index (κ1) is 8.74. The fourth-order valence-electron chi connectivity index (χ4n) is 0.578. The summed E-state index contributed by atoms with van der Waals surface area (Å²) in [7, 11) is 3.16. The summed E-state index contributed by atoms with van der Waals surface area (Å²) in [6.07, 6.45) is 3.40. The molecular formula is C7H8O2S2. The van der Waals surface area contributed by atoms with Crippen LogP contribution in [-0.2, 0) is 9.53 Å². The Labute approximate surface area is 73.5 Å². The monoisotopic (exact) mass is 188 g/mol. The average molecular weight is 188 g/mol. The van der Waals surface area contributed by atoms with Crippen LogP contribution in [0.3, 0.4) is 0 Å². The smallest absolute Gasteiger partial charge is 0.331 e. The lowest BCUT2D eigenvalue weighted by Crippen LogP contribution is -1.99. The highest BCUT2D eigenvalue weighted by Gasteiger charge is 2.04. The third-order valence-corrected chi connectivity index (χ3v) is 2.97. The minimum atomic E-state index is -0.262. The Kier molecular flexibility index (Phi) is 3.59. The molecule has 0 aromatic heterocycles. The lowest BCUT2D eigenvalue weighted by Gasteiger charge is -1.95. The highest BCUT2D eigenvalue weighted by molar-refractivity contribution is 8.79. The van der Waals surface area contributed by atoms with Gasteiger partial charge in [-0.15, -0.1) is 0 Å². The number of allylic oxidation sites excluding steroid dienone is 1. The van der Waals surface area contributed by atoms with E-state index in [-0.39, 0.29) is 5.97 Å². The van der Waals surface area contributed by atoms with Gasteiger partial charge >= 0.3 is 5.97 Å². The summed E-state index contributed by atoms with van der Waals surface area (Å²) >= 11 is 0. The largest absolute Gasteiger partial charge is 0.463 e. The van der Waals surface area contributed by atoms with Crippen molar-refractivity contribution in [3.63, 3.8) is 0 Å². The van der Waals surface area contributed by atoms with Crippen molar-refractivity contribution >= 4 is 27.6 Å². The van der Waals surface area contributed by atoms with Crippen LogP contribution in [0.2, 0.25) is 0 Å². The van der Waals surface area contributed by atoms with Gasteiger partial charge < -0.3 is 4.74 Å². The fraction of sp³-hybridized carbons (Fsp3) is 0.286. The standard InChI is InChI=1S/C7H8O2S2/c1-2-9-7(8)5-6-3-4-10-11-6/h3-5H,2H2,1H3/b6-5-. The third kappa shape index (κ3) is 3.03. The van der Waals surface area contributed by atoms with Crippen LogP contribution in [-0.4, -0.2) is 12.6 Å². The molecule has 0 fully saturated rings. The zero-order valence-corrected chi connectivity index (χ0v) is 7.71. The summed E-state index contributed by atoms with van der Waals surface area (Å²) in [5, 5.41) is 1.94. The molecule has 60 valence electrons. The lowest BCUT2D eigenvalue weighted by molar-refractivity contribution is -0.137. The Bertz CT molecular complexity index is 208.